The number of rotatable bonds is 1. The van der Waals surface area contributed by atoms with Crippen molar-refractivity contribution in [3.63, 3.8) is 0 Å². The number of hydrogen-bond acceptors (Lipinski definition) is 3. The van der Waals surface area contributed by atoms with Crippen molar-refractivity contribution in [1.82, 2.24) is 4.98 Å². The van der Waals surface area contributed by atoms with Gasteiger partial charge in [-0.2, -0.15) is 0 Å². The van der Waals surface area contributed by atoms with E-state index in [2.05, 4.69) is 38.8 Å². The van der Waals surface area contributed by atoms with Crippen LogP contribution in [0.2, 0.25) is 0 Å². The van der Waals surface area contributed by atoms with Crippen molar-refractivity contribution in [3.8, 4) is 0 Å². The number of nitrogens with two attached hydrogens (primary N) is 1. The molecule has 2 rings (SSSR count). The van der Waals surface area contributed by atoms with E-state index >= 15 is 0 Å². The third kappa shape index (κ3) is 2.49. The third-order valence-electron chi connectivity index (χ3n) is 3.03. The number of piperidine rings is 1. The predicted molar refractivity (Wildman–Crippen MR) is 65.9 cm³/mol. The van der Waals surface area contributed by atoms with Gasteiger partial charge in [-0.3, -0.25) is 4.98 Å². The molecule has 0 aliphatic carbocycles. The zero-order chi connectivity index (χ0) is 10.8. The first-order valence-corrected chi connectivity index (χ1v) is 6.07. The number of pyridine rings is 1. The zero-order valence-electron chi connectivity index (χ0n) is 8.86. The SMILES string of the molecule is CC1CN(c2cncc(Br)c2)CCC1N. The van der Waals surface area contributed by atoms with Gasteiger partial charge in [0.2, 0.25) is 0 Å². The topological polar surface area (TPSA) is 42.2 Å². The van der Waals surface area contributed by atoms with Gasteiger partial charge >= 0.3 is 0 Å². The second-order valence-corrected chi connectivity index (χ2v) is 5.15. The Labute approximate surface area is 98.8 Å². The van der Waals surface area contributed by atoms with Crippen molar-refractivity contribution < 1.29 is 0 Å². The molecule has 0 radical (unpaired) electrons. The Morgan fingerprint density at radius 3 is 3.00 bits per heavy atom. The van der Waals surface area contributed by atoms with E-state index in [4.69, 9.17) is 5.73 Å². The lowest BCUT2D eigenvalue weighted by molar-refractivity contribution is 0.383. The second-order valence-electron chi connectivity index (χ2n) is 4.24. The summed E-state index contributed by atoms with van der Waals surface area (Å²) < 4.78 is 1.03. The standard InChI is InChI=1S/C11H16BrN3/c1-8-7-15(3-2-11(8)13)10-4-9(12)5-14-6-10/h4-6,8,11H,2-3,7,13H2,1H3. The minimum Gasteiger partial charge on any atom is -0.370 e. The van der Waals surface area contributed by atoms with Crippen LogP contribution in [0.25, 0.3) is 0 Å². The highest BCUT2D eigenvalue weighted by Crippen LogP contribution is 2.23. The first kappa shape index (κ1) is 10.9. The molecule has 1 fully saturated rings. The molecule has 3 nitrogen and oxygen atoms in total. The Balaban J connectivity index is 2.12. The number of halogens is 1. The molecule has 0 amide bonds. The molecule has 2 heterocycles. The van der Waals surface area contributed by atoms with Crippen molar-refractivity contribution in [2.75, 3.05) is 18.0 Å². The van der Waals surface area contributed by atoms with Crippen molar-refractivity contribution in [3.05, 3.63) is 22.9 Å². The Morgan fingerprint density at radius 2 is 2.33 bits per heavy atom. The molecule has 0 bridgehead atoms. The van der Waals surface area contributed by atoms with E-state index in [0.29, 0.717) is 12.0 Å². The summed E-state index contributed by atoms with van der Waals surface area (Å²) in [5.41, 5.74) is 7.18. The minimum absolute atomic E-state index is 0.348. The van der Waals surface area contributed by atoms with Crippen molar-refractivity contribution in [2.45, 2.75) is 19.4 Å². The molecule has 0 saturated carbocycles. The van der Waals surface area contributed by atoms with Crippen molar-refractivity contribution in [1.29, 1.82) is 0 Å². The zero-order valence-corrected chi connectivity index (χ0v) is 10.4. The maximum absolute atomic E-state index is 6.00. The van der Waals surface area contributed by atoms with E-state index in [1.165, 1.54) is 5.69 Å². The quantitative estimate of drug-likeness (QED) is 0.848. The fourth-order valence-electron chi connectivity index (χ4n) is 1.97. The van der Waals surface area contributed by atoms with Crippen LogP contribution in [0.15, 0.2) is 22.9 Å². The van der Waals surface area contributed by atoms with Gasteiger partial charge in [0.25, 0.3) is 0 Å². The summed E-state index contributed by atoms with van der Waals surface area (Å²) in [6, 6.07) is 2.46. The summed E-state index contributed by atoms with van der Waals surface area (Å²) in [5.74, 6) is 0.553. The predicted octanol–water partition coefficient (Wildman–Crippen LogP) is 2.02. The molecule has 1 aliphatic heterocycles. The number of hydrogen-bond donors (Lipinski definition) is 1. The summed E-state index contributed by atoms with van der Waals surface area (Å²) in [6.45, 7) is 4.27. The molecule has 1 aliphatic rings. The van der Waals surface area contributed by atoms with Gasteiger partial charge in [0.1, 0.15) is 0 Å². The average molecular weight is 270 g/mol. The second kappa shape index (κ2) is 4.49. The van der Waals surface area contributed by atoms with Crippen LogP contribution in [0.3, 0.4) is 0 Å². The van der Waals surface area contributed by atoms with E-state index in [1.807, 2.05) is 12.4 Å². The summed E-state index contributed by atoms with van der Waals surface area (Å²) in [5, 5.41) is 0. The molecule has 1 aromatic rings. The smallest absolute Gasteiger partial charge is 0.0564 e. The molecule has 0 aromatic carbocycles. The van der Waals surface area contributed by atoms with E-state index in [9.17, 15) is 0 Å². The van der Waals surface area contributed by atoms with Gasteiger partial charge in [-0.1, -0.05) is 6.92 Å². The van der Waals surface area contributed by atoms with Crippen LogP contribution in [0.5, 0.6) is 0 Å². The van der Waals surface area contributed by atoms with E-state index in [0.717, 1.165) is 24.0 Å². The third-order valence-corrected chi connectivity index (χ3v) is 3.46. The van der Waals surface area contributed by atoms with Gasteiger partial charge in [-0.05, 0) is 34.3 Å². The first-order chi connectivity index (χ1) is 7.16. The highest BCUT2D eigenvalue weighted by atomic mass is 79.9. The lowest BCUT2D eigenvalue weighted by Crippen LogP contribution is -2.46. The molecule has 2 N–H and O–H groups in total. The molecule has 82 valence electrons. The Hall–Kier alpha value is -0.610. The molecule has 2 unspecified atom stereocenters. The summed E-state index contributed by atoms with van der Waals surface area (Å²) in [7, 11) is 0. The van der Waals surface area contributed by atoms with Gasteiger partial charge in [0.15, 0.2) is 0 Å². The van der Waals surface area contributed by atoms with Gasteiger partial charge in [-0.25, -0.2) is 0 Å². The lowest BCUT2D eigenvalue weighted by Gasteiger charge is -2.36. The summed E-state index contributed by atoms with van der Waals surface area (Å²) in [6.07, 6.45) is 4.78. The van der Waals surface area contributed by atoms with E-state index in [-0.39, 0.29) is 0 Å². The van der Waals surface area contributed by atoms with Gasteiger partial charge in [0.05, 0.1) is 11.9 Å². The van der Waals surface area contributed by atoms with Crippen LogP contribution < -0.4 is 10.6 Å². The largest absolute Gasteiger partial charge is 0.370 e. The number of anilines is 1. The molecule has 0 spiro atoms. The highest BCUT2D eigenvalue weighted by Gasteiger charge is 2.23. The molecular weight excluding hydrogens is 254 g/mol. The maximum Gasteiger partial charge on any atom is 0.0564 e. The number of aromatic nitrogens is 1. The molecular formula is C11H16BrN3. The lowest BCUT2D eigenvalue weighted by atomic mass is 9.94. The Bertz CT molecular complexity index is 342. The Kier molecular flexibility index (Phi) is 3.26. The Morgan fingerprint density at radius 1 is 1.53 bits per heavy atom. The normalized spacial score (nSPS) is 26.7. The van der Waals surface area contributed by atoms with Crippen LogP contribution in [0.1, 0.15) is 13.3 Å². The monoisotopic (exact) mass is 269 g/mol. The van der Waals surface area contributed by atoms with E-state index in [1.54, 1.807) is 0 Å². The maximum atomic E-state index is 6.00. The molecule has 2 atom stereocenters. The molecule has 1 saturated heterocycles. The fraction of sp³-hybridized carbons (Fsp3) is 0.545. The van der Waals surface area contributed by atoms with Gasteiger partial charge in [0, 0.05) is 29.8 Å². The summed E-state index contributed by atoms with van der Waals surface area (Å²) >= 11 is 3.44. The highest BCUT2D eigenvalue weighted by molar-refractivity contribution is 9.10. The minimum atomic E-state index is 0.348. The van der Waals surface area contributed by atoms with Crippen LogP contribution in [-0.2, 0) is 0 Å². The average Bonchev–Trinajstić information content (AvgIpc) is 2.22. The van der Waals surface area contributed by atoms with Crippen LogP contribution in [-0.4, -0.2) is 24.1 Å². The van der Waals surface area contributed by atoms with Gasteiger partial charge in [-0.15, -0.1) is 0 Å². The van der Waals surface area contributed by atoms with Gasteiger partial charge < -0.3 is 10.6 Å². The molecule has 1 aromatic heterocycles. The van der Waals surface area contributed by atoms with E-state index < -0.39 is 0 Å². The molecule has 4 heteroatoms. The molecule has 15 heavy (non-hydrogen) atoms. The van der Waals surface area contributed by atoms with Crippen molar-refractivity contribution in [2.24, 2.45) is 11.7 Å². The number of nitrogens with zero attached hydrogens (tertiary/aromatic N) is 2. The first-order valence-electron chi connectivity index (χ1n) is 5.28. The van der Waals surface area contributed by atoms with Crippen LogP contribution in [0.4, 0.5) is 5.69 Å². The fourth-order valence-corrected chi connectivity index (χ4v) is 2.32. The van der Waals surface area contributed by atoms with Crippen LogP contribution >= 0.6 is 15.9 Å². The van der Waals surface area contributed by atoms with Crippen LogP contribution in [0, 0.1) is 5.92 Å². The summed E-state index contributed by atoms with van der Waals surface area (Å²) in [4.78, 5) is 6.54. The van der Waals surface area contributed by atoms with Crippen molar-refractivity contribution >= 4 is 21.6 Å².